The van der Waals surface area contributed by atoms with E-state index in [-0.39, 0.29) is 0 Å². The highest BCUT2D eigenvalue weighted by atomic mass is 16.5. The Balaban J connectivity index is 1.03. The molecule has 0 aliphatic carbocycles. The number of benzene rings is 6. The molecule has 1 N–H and O–H groups in total. The normalized spacial score (nSPS) is 11.7. The van der Waals surface area contributed by atoms with Gasteiger partial charge in [-0.25, -0.2) is 0 Å². The van der Waals surface area contributed by atoms with E-state index >= 15 is 0 Å². The van der Waals surface area contributed by atoms with Crippen molar-refractivity contribution in [3.63, 3.8) is 0 Å². The van der Waals surface area contributed by atoms with Crippen LogP contribution in [0.2, 0.25) is 0 Å². The van der Waals surface area contributed by atoms with Gasteiger partial charge in [0.25, 0.3) is 0 Å². The van der Waals surface area contributed by atoms with Crippen molar-refractivity contribution in [2.24, 2.45) is 0 Å². The number of nitrogens with zero attached hydrogens (tertiary/aromatic N) is 2. The number of aryl methyl sites for hydroxylation is 2. The van der Waals surface area contributed by atoms with Gasteiger partial charge in [-0.05, 0) is 123 Å². The lowest BCUT2D eigenvalue weighted by Crippen LogP contribution is -1.98. The summed E-state index contributed by atoms with van der Waals surface area (Å²) in [5, 5.41) is 15.3. The van der Waals surface area contributed by atoms with E-state index in [9.17, 15) is 5.11 Å². The second-order valence-electron chi connectivity index (χ2n) is 12.5. The van der Waals surface area contributed by atoms with Crippen molar-refractivity contribution in [3.8, 4) is 46.6 Å². The second-order valence-corrected chi connectivity index (χ2v) is 12.5. The van der Waals surface area contributed by atoms with Gasteiger partial charge in [-0.2, -0.15) is 0 Å². The summed E-state index contributed by atoms with van der Waals surface area (Å²) in [6.45, 7) is 4.26. The van der Waals surface area contributed by atoms with E-state index in [2.05, 4.69) is 119 Å². The molecule has 0 bridgehead atoms. The van der Waals surface area contributed by atoms with Crippen LogP contribution in [0.25, 0.3) is 55.0 Å². The number of aliphatic hydroxyl groups is 1. The van der Waals surface area contributed by atoms with Crippen molar-refractivity contribution >= 4 is 43.6 Å². The first-order valence-electron chi connectivity index (χ1n) is 16.5. The summed E-state index contributed by atoms with van der Waals surface area (Å²) in [7, 11) is 3.35. The van der Waals surface area contributed by atoms with Crippen LogP contribution in [-0.2, 0) is 0 Å². The number of hydrogen-bond donors (Lipinski definition) is 1. The maximum Gasteiger partial charge on any atom is 0.177 e. The third-order valence-corrected chi connectivity index (χ3v) is 9.21. The molecule has 242 valence electrons. The third-order valence-electron chi connectivity index (χ3n) is 9.21. The smallest absolute Gasteiger partial charge is 0.177 e. The number of aromatic nitrogens is 2. The van der Waals surface area contributed by atoms with Gasteiger partial charge < -0.3 is 23.7 Å². The van der Waals surface area contributed by atoms with E-state index < -0.39 is 6.10 Å². The highest BCUT2D eigenvalue weighted by Gasteiger charge is 2.15. The average molecular weight is 651 g/mol. The molecule has 0 fully saturated rings. The zero-order chi connectivity index (χ0) is 34.4. The van der Waals surface area contributed by atoms with Crippen LogP contribution in [0, 0.1) is 37.5 Å². The summed E-state index contributed by atoms with van der Waals surface area (Å²) >= 11 is 0. The van der Waals surface area contributed by atoms with Crippen LogP contribution < -0.4 is 9.47 Å². The van der Waals surface area contributed by atoms with Crippen molar-refractivity contribution in [1.82, 2.24) is 9.13 Å². The van der Waals surface area contributed by atoms with Crippen molar-refractivity contribution in [3.05, 3.63) is 144 Å². The summed E-state index contributed by atoms with van der Waals surface area (Å²) in [5.74, 6) is 13.5. The van der Waals surface area contributed by atoms with Crippen molar-refractivity contribution in [2.75, 3.05) is 14.2 Å². The van der Waals surface area contributed by atoms with Gasteiger partial charge in [0.1, 0.15) is 11.5 Å². The van der Waals surface area contributed by atoms with E-state index in [1.54, 1.807) is 14.2 Å². The van der Waals surface area contributed by atoms with Gasteiger partial charge >= 0.3 is 0 Å². The first kappa shape index (κ1) is 30.9. The Labute approximate surface area is 290 Å². The van der Waals surface area contributed by atoms with Crippen LogP contribution in [0.3, 0.4) is 0 Å². The monoisotopic (exact) mass is 650 g/mol. The van der Waals surface area contributed by atoms with E-state index in [0.29, 0.717) is 0 Å². The molecular formula is C45H34N2O3. The van der Waals surface area contributed by atoms with Gasteiger partial charge in [0.2, 0.25) is 0 Å². The standard InChI is InChI=1S/C45H34N2O3/c1-29-5-21-42-38(25-29)39-26-30(2)6-22-43(39)46(42)33-13-7-31(8-14-33)11-17-35(48)18-12-32-9-15-34(16-10-32)47-44-23-19-36(49-3)27-40(44)41-28-37(50-4)20-24-45(41)47/h5-10,13-16,19-28,35,48H,1-4H3. The fourth-order valence-electron chi connectivity index (χ4n) is 6.77. The first-order valence-corrected chi connectivity index (χ1v) is 16.5. The van der Waals surface area contributed by atoms with Crippen molar-refractivity contribution in [1.29, 1.82) is 0 Å². The second kappa shape index (κ2) is 12.6. The molecule has 1 atom stereocenters. The zero-order valence-electron chi connectivity index (χ0n) is 28.3. The molecule has 0 radical (unpaired) electrons. The molecule has 5 heteroatoms. The Kier molecular flexibility index (Phi) is 7.77. The van der Waals surface area contributed by atoms with E-state index in [4.69, 9.17) is 9.47 Å². The topological polar surface area (TPSA) is 48.6 Å². The minimum Gasteiger partial charge on any atom is -0.497 e. The van der Waals surface area contributed by atoms with Crippen LogP contribution in [0.5, 0.6) is 11.5 Å². The van der Waals surface area contributed by atoms with Crippen molar-refractivity contribution < 1.29 is 14.6 Å². The minimum absolute atomic E-state index is 0.791. The Bertz CT molecular complexity index is 2590. The average Bonchev–Trinajstić information content (AvgIpc) is 3.64. The molecule has 0 amide bonds. The molecule has 6 aromatic carbocycles. The lowest BCUT2D eigenvalue weighted by atomic mass is 10.1. The SMILES string of the molecule is COc1ccc2c(c1)c1cc(OC)ccc1n2-c1ccc(C#CC(O)C#Cc2ccc(-n3c4ccc(C)cc4c4cc(C)ccc43)cc2)cc1. The first-order chi connectivity index (χ1) is 24.4. The third kappa shape index (κ3) is 5.51. The molecule has 5 nitrogen and oxygen atoms in total. The lowest BCUT2D eigenvalue weighted by molar-refractivity contribution is 0.289. The highest BCUT2D eigenvalue weighted by molar-refractivity contribution is 6.11. The minimum atomic E-state index is -1.08. The fourth-order valence-corrected chi connectivity index (χ4v) is 6.77. The van der Waals surface area contributed by atoms with E-state index in [1.807, 2.05) is 48.5 Å². The quantitative estimate of drug-likeness (QED) is 0.193. The molecule has 1 unspecified atom stereocenters. The summed E-state index contributed by atoms with van der Waals surface area (Å²) in [6, 6.07) is 41.5. The van der Waals surface area contributed by atoms with Crippen LogP contribution in [0.4, 0.5) is 0 Å². The van der Waals surface area contributed by atoms with Gasteiger partial charge in [-0.3, -0.25) is 0 Å². The Morgan fingerprint density at radius 2 is 0.840 bits per heavy atom. The molecule has 0 spiro atoms. The largest absolute Gasteiger partial charge is 0.497 e. The Morgan fingerprint density at radius 3 is 1.22 bits per heavy atom. The Hall–Kier alpha value is -6.40. The Morgan fingerprint density at radius 1 is 0.480 bits per heavy atom. The molecule has 2 aromatic heterocycles. The maximum atomic E-state index is 10.6. The van der Waals surface area contributed by atoms with Gasteiger partial charge in [-0.15, -0.1) is 0 Å². The predicted octanol–water partition coefficient (Wildman–Crippen LogP) is 9.28. The van der Waals surface area contributed by atoms with Crippen LogP contribution >= 0.6 is 0 Å². The summed E-state index contributed by atoms with van der Waals surface area (Å²) in [6.07, 6.45) is -1.08. The molecule has 50 heavy (non-hydrogen) atoms. The van der Waals surface area contributed by atoms with Crippen LogP contribution in [0.15, 0.2) is 121 Å². The number of methoxy groups -OCH3 is 2. The molecule has 0 saturated heterocycles. The summed E-state index contributed by atoms with van der Waals surface area (Å²) in [4.78, 5) is 0. The predicted molar refractivity (Wildman–Crippen MR) is 204 cm³/mol. The van der Waals surface area contributed by atoms with Gasteiger partial charge in [0.05, 0.1) is 36.3 Å². The molecular weight excluding hydrogens is 617 g/mol. The molecule has 0 aliphatic heterocycles. The molecule has 8 aromatic rings. The number of aliphatic hydroxyl groups excluding tert-OH is 1. The zero-order valence-corrected chi connectivity index (χ0v) is 28.3. The highest BCUT2D eigenvalue weighted by Crippen LogP contribution is 2.36. The summed E-state index contributed by atoms with van der Waals surface area (Å²) in [5.41, 5.74) is 10.6. The molecule has 8 rings (SSSR count). The van der Waals surface area contributed by atoms with Gasteiger partial charge in [0, 0.05) is 44.0 Å². The lowest BCUT2D eigenvalue weighted by Gasteiger charge is -2.08. The van der Waals surface area contributed by atoms with Crippen molar-refractivity contribution in [2.45, 2.75) is 20.0 Å². The number of ether oxygens (including phenoxy) is 2. The number of fused-ring (bicyclic) bond motifs is 6. The van der Waals surface area contributed by atoms with Gasteiger partial charge in [-0.1, -0.05) is 46.9 Å². The van der Waals surface area contributed by atoms with Crippen LogP contribution in [-0.4, -0.2) is 34.6 Å². The number of rotatable bonds is 4. The van der Waals surface area contributed by atoms with Crippen LogP contribution in [0.1, 0.15) is 22.3 Å². The molecule has 0 saturated carbocycles. The number of hydrogen-bond acceptors (Lipinski definition) is 3. The molecule has 2 heterocycles. The summed E-state index contributed by atoms with van der Waals surface area (Å²) < 4.78 is 15.5. The van der Waals surface area contributed by atoms with Gasteiger partial charge in [0.15, 0.2) is 6.10 Å². The fraction of sp³-hybridized carbons (Fsp3) is 0.111. The molecule has 0 aliphatic rings. The van der Waals surface area contributed by atoms with E-state index in [1.165, 1.54) is 32.9 Å². The van der Waals surface area contributed by atoms with E-state index in [0.717, 1.165) is 55.8 Å². The maximum absolute atomic E-state index is 10.6.